The van der Waals surface area contributed by atoms with E-state index in [0.29, 0.717) is 5.02 Å². The Morgan fingerprint density at radius 1 is 0.963 bits per heavy atom. The minimum atomic E-state index is -0.333. The molecule has 3 aromatic carbocycles. The molecule has 27 heavy (non-hydrogen) atoms. The Morgan fingerprint density at radius 2 is 1.70 bits per heavy atom. The van der Waals surface area contributed by atoms with E-state index < -0.39 is 0 Å². The lowest BCUT2D eigenvalue weighted by Gasteiger charge is -2.38. The van der Waals surface area contributed by atoms with Crippen molar-refractivity contribution in [3.8, 4) is 5.75 Å². The van der Waals surface area contributed by atoms with Gasteiger partial charge in [0, 0.05) is 22.6 Å². The SMILES string of the molecule is Fc1ccc(C2=NN3C(C2)c2ccccc2OC3c2ccc(Cl)cc2)cc1. The standard InChI is InChI=1S/C22H16ClFN2O/c23-16-9-5-15(6-10-16)22-26-20(18-3-1-2-4-21(18)27-22)13-19(25-26)14-7-11-17(24)12-8-14/h1-12,20,22H,13H2. The molecule has 0 N–H and O–H groups in total. The number of hydrogen-bond donors (Lipinski definition) is 0. The van der Waals surface area contributed by atoms with Crippen LogP contribution in [0.15, 0.2) is 77.9 Å². The van der Waals surface area contributed by atoms with E-state index in [1.165, 1.54) is 12.1 Å². The minimum Gasteiger partial charge on any atom is -0.464 e. The maximum Gasteiger partial charge on any atom is 0.213 e. The number of rotatable bonds is 2. The molecule has 0 aromatic heterocycles. The first-order chi connectivity index (χ1) is 13.2. The third-order valence-electron chi connectivity index (χ3n) is 5.03. The molecule has 0 spiro atoms. The van der Waals surface area contributed by atoms with Gasteiger partial charge in [-0.25, -0.2) is 9.40 Å². The summed E-state index contributed by atoms with van der Waals surface area (Å²) in [4.78, 5) is 0. The van der Waals surface area contributed by atoms with Crippen molar-refractivity contribution >= 4 is 17.3 Å². The Bertz CT molecular complexity index is 1020. The molecule has 2 heterocycles. The summed E-state index contributed by atoms with van der Waals surface area (Å²) in [5, 5.41) is 7.55. The minimum absolute atomic E-state index is 0.0793. The van der Waals surface area contributed by atoms with Crippen molar-refractivity contribution in [1.29, 1.82) is 0 Å². The number of fused-ring (bicyclic) bond motifs is 3. The molecule has 2 atom stereocenters. The maximum absolute atomic E-state index is 13.3. The highest BCUT2D eigenvalue weighted by molar-refractivity contribution is 6.30. The van der Waals surface area contributed by atoms with Crippen LogP contribution in [0.1, 0.15) is 35.4 Å². The van der Waals surface area contributed by atoms with Gasteiger partial charge in [0.25, 0.3) is 0 Å². The fourth-order valence-electron chi connectivity index (χ4n) is 3.70. The van der Waals surface area contributed by atoms with E-state index in [2.05, 4.69) is 6.07 Å². The Kier molecular flexibility index (Phi) is 3.87. The molecule has 3 nitrogen and oxygen atoms in total. The molecule has 0 radical (unpaired) electrons. The van der Waals surface area contributed by atoms with Gasteiger partial charge >= 0.3 is 0 Å². The zero-order valence-corrected chi connectivity index (χ0v) is 15.1. The molecule has 0 amide bonds. The molecular formula is C22H16ClFN2O. The number of para-hydroxylation sites is 1. The number of nitrogens with zero attached hydrogens (tertiary/aromatic N) is 2. The molecule has 5 rings (SSSR count). The maximum atomic E-state index is 13.3. The van der Waals surface area contributed by atoms with Crippen LogP contribution in [-0.4, -0.2) is 10.7 Å². The van der Waals surface area contributed by atoms with E-state index in [1.807, 2.05) is 47.5 Å². The van der Waals surface area contributed by atoms with Crippen LogP contribution in [0.25, 0.3) is 0 Å². The van der Waals surface area contributed by atoms with Crippen molar-refractivity contribution in [1.82, 2.24) is 5.01 Å². The van der Waals surface area contributed by atoms with Gasteiger partial charge in [-0.1, -0.05) is 54.1 Å². The van der Waals surface area contributed by atoms with Crippen molar-refractivity contribution in [2.45, 2.75) is 18.7 Å². The molecule has 0 fully saturated rings. The second-order valence-electron chi connectivity index (χ2n) is 6.71. The zero-order valence-electron chi connectivity index (χ0n) is 14.3. The molecule has 134 valence electrons. The van der Waals surface area contributed by atoms with Crippen molar-refractivity contribution in [2.75, 3.05) is 0 Å². The predicted molar refractivity (Wildman–Crippen MR) is 103 cm³/mol. The van der Waals surface area contributed by atoms with Crippen molar-refractivity contribution in [3.63, 3.8) is 0 Å². The van der Waals surface area contributed by atoms with Crippen LogP contribution in [0.3, 0.4) is 0 Å². The molecule has 0 bridgehead atoms. The largest absolute Gasteiger partial charge is 0.464 e. The van der Waals surface area contributed by atoms with E-state index in [-0.39, 0.29) is 18.1 Å². The number of hydrogen-bond acceptors (Lipinski definition) is 3. The number of hydrazone groups is 1. The quantitative estimate of drug-likeness (QED) is 0.569. The van der Waals surface area contributed by atoms with Crippen LogP contribution in [0.4, 0.5) is 4.39 Å². The van der Waals surface area contributed by atoms with E-state index >= 15 is 0 Å². The zero-order chi connectivity index (χ0) is 18.4. The Hall–Kier alpha value is -2.85. The molecule has 2 aliphatic heterocycles. The molecule has 2 aliphatic rings. The first kappa shape index (κ1) is 16.3. The van der Waals surface area contributed by atoms with E-state index in [9.17, 15) is 4.39 Å². The summed E-state index contributed by atoms with van der Waals surface area (Å²) in [5.74, 6) is 0.622. The second-order valence-corrected chi connectivity index (χ2v) is 7.15. The lowest BCUT2D eigenvalue weighted by atomic mass is 9.96. The van der Waals surface area contributed by atoms with Crippen LogP contribution in [-0.2, 0) is 0 Å². The van der Waals surface area contributed by atoms with Gasteiger partial charge in [-0.2, -0.15) is 5.10 Å². The van der Waals surface area contributed by atoms with Gasteiger partial charge in [0.1, 0.15) is 11.6 Å². The normalized spacial score (nSPS) is 20.5. The molecular weight excluding hydrogens is 363 g/mol. The van der Waals surface area contributed by atoms with Crippen LogP contribution in [0, 0.1) is 5.82 Å². The molecule has 0 saturated heterocycles. The molecule has 2 unspecified atom stereocenters. The lowest BCUT2D eigenvalue weighted by Crippen LogP contribution is -2.33. The van der Waals surface area contributed by atoms with Gasteiger partial charge in [-0.3, -0.25) is 0 Å². The number of benzene rings is 3. The van der Waals surface area contributed by atoms with Crippen molar-refractivity contribution < 1.29 is 9.13 Å². The van der Waals surface area contributed by atoms with Gasteiger partial charge in [0.05, 0.1) is 11.8 Å². The Labute approximate surface area is 161 Å². The molecule has 5 heteroatoms. The number of ether oxygens (including phenoxy) is 1. The predicted octanol–water partition coefficient (Wildman–Crippen LogP) is 5.72. The smallest absolute Gasteiger partial charge is 0.213 e. The fraction of sp³-hybridized carbons (Fsp3) is 0.136. The summed E-state index contributed by atoms with van der Waals surface area (Å²) in [6.45, 7) is 0. The summed E-state index contributed by atoms with van der Waals surface area (Å²) in [6, 6.07) is 22.3. The van der Waals surface area contributed by atoms with Crippen LogP contribution >= 0.6 is 11.6 Å². The molecule has 0 aliphatic carbocycles. The summed E-state index contributed by atoms with van der Waals surface area (Å²) in [6.07, 6.45) is 0.413. The summed E-state index contributed by atoms with van der Waals surface area (Å²) >= 11 is 6.05. The Balaban J connectivity index is 1.58. The van der Waals surface area contributed by atoms with Crippen LogP contribution in [0.5, 0.6) is 5.75 Å². The average Bonchev–Trinajstić information content (AvgIpc) is 3.14. The number of halogens is 2. The first-order valence-corrected chi connectivity index (χ1v) is 9.19. The monoisotopic (exact) mass is 378 g/mol. The van der Waals surface area contributed by atoms with Crippen molar-refractivity contribution in [2.24, 2.45) is 5.10 Å². The Morgan fingerprint density at radius 3 is 2.48 bits per heavy atom. The van der Waals surface area contributed by atoms with Gasteiger partial charge in [-0.15, -0.1) is 0 Å². The van der Waals surface area contributed by atoms with E-state index in [1.54, 1.807) is 12.1 Å². The summed E-state index contributed by atoms with van der Waals surface area (Å²) in [5.41, 5.74) is 3.96. The third-order valence-corrected chi connectivity index (χ3v) is 5.28. The van der Waals surface area contributed by atoms with Crippen LogP contribution in [0.2, 0.25) is 5.02 Å². The highest BCUT2D eigenvalue weighted by Crippen LogP contribution is 2.47. The second kappa shape index (κ2) is 6.39. The fourth-order valence-corrected chi connectivity index (χ4v) is 3.82. The van der Waals surface area contributed by atoms with Gasteiger partial charge in [0.15, 0.2) is 0 Å². The average molecular weight is 379 g/mol. The lowest BCUT2D eigenvalue weighted by molar-refractivity contribution is -0.0190. The third kappa shape index (κ3) is 2.86. The summed E-state index contributed by atoms with van der Waals surface area (Å²) in [7, 11) is 0. The van der Waals surface area contributed by atoms with Crippen molar-refractivity contribution in [3.05, 3.63) is 100 Å². The van der Waals surface area contributed by atoms with Gasteiger partial charge in [-0.05, 0) is 35.9 Å². The van der Waals surface area contributed by atoms with Gasteiger partial charge in [0.2, 0.25) is 6.23 Å². The molecule has 0 saturated carbocycles. The summed E-state index contributed by atoms with van der Waals surface area (Å²) < 4.78 is 19.6. The first-order valence-electron chi connectivity index (χ1n) is 8.82. The van der Waals surface area contributed by atoms with Gasteiger partial charge < -0.3 is 4.74 Å². The topological polar surface area (TPSA) is 24.8 Å². The highest BCUT2D eigenvalue weighted by atomic mass is 35.5. The van der Waals surface area contributed by atoms with E-state index in [0.717, 1.165) is 34.6 Å². The molecule has 3 aromatic rings. The van der Waals surface area contributed by atoms with Crippen LogP contribution < -0.4 is 4.74 Å². The highest BCUT2D eigenvalue weighted by Gasteiger charge is 2.40. The van der Waals surface area contributed by atoms with E-state index in [4.69, 9.17) is 21.4 Å².